The number of hydrogen-bond donors (Lipinski definition) is 1. The van der Waals surface area contributed by atoms with E-state index in [2.05, 4.69) is 21.3 Å². The van der Waals surface area contributed by atoms with Gasteiger partial charge in [0.25, 0.3) is 5.89 Å². The van der Waals surface area contributed by atoms with E-state index in [1.807, 2.05) is 44.3 Å². The molecule has 2 heterocycles. The summed E-state index contributed by atoms with van der Waals surface area (Å²) in [7, 11) is 5.25. The number of aromatic nitrogens is 1. The molecule has 0 aliphatic carbocycles. The van der Waals surface area contributed by atoms with Gasteiger partial charge in [-0.3, -0.25) is 4.79 Å². The zero-order valence-electron chi connectivity index (χ0n) is 17.7. The van der Waals surface area contributed by atoms with Crippen LogP contribution < -0.4 is 10.2 Å². The lowest BCUT2D eigenvalue weighted by atomic mass is 9.90. The molecule has 4 rings (SSSR count). The Morgan fingerprint density at radius 3 is 2.67 bits per heavy atom. The van der Waals surface area contributed by atoms with E-state index in [-0.39, 0.29) is 11.8 Å². The molecule has 1 saturated heterocycles. The van der Waals surface area contributed by atoms with Crippen LogP contribution in [-0.4, -0.2) is 56.1 Å². The van der Waals surface area contributed by atoms with E-state index in [1.54, 1.807) is 14.1 Å². The molecule has 1 aliphatic heterocycles. The molecule has 2 aromatic carbocycles. The molecule has 0 radical (unpaired) electrons. The van der Waals surface area contributed by atoms with Crippen LogP contribution in [0.2, 0.25) is 0 Å². The van der Waals surface area contributed by atoms with Gasteiger partial charge in [-0.2, -0.15) is 5.26 Å². The summed E-state index contributed by atoms with van der Waals surface area (Å²) in [4.78, 5) is 20.7. The topological polar surface area (TPSA) is 85.4 Å². The number of fused-ring (bicyclic) bond motifs is 1. The maximum Gasteiger partial charge on any atom is 0.309 e. The first-order valence-electron chi connectivity index (χ1n) is 10.0. The monoisotopic (exact) mass is 403 g/mol. The van der Waals surface area contributed by atoms with Crippen molar-refractivity contribution in [1.29, 1.82) is 5.26 Å². The molecule has 1 aliphatic rings. The molecule has 1 aromatic heterocycles. The molecule has 0 spiro atoms. The Labute approximate surface area is 175 Å². The van der Waals surface area contributed by atoms with Crippen molar-refractivity contribution in [2.75, 3.05) is 39.1 Å². The van der Waals surface area contributed by atoms with Crippen molar-refractivity contribution in [2.45, 2.75) is 19.4 Å². The highest BCUT2D eigenvalue weighted by Crippen LogP contribution is 2.45. The summed E-state index contributed by atoms with van der Waals surface area (Å²) in [6.07, 6.45) is 1.06. The number of carbonyl (C=O) groups is 1. The molecular weight excluding hydrogens is 378 g/mol. The molecule has 0 unspecified atom stereocenters. The van der Waals surface area contributed by atoms with Gasteiger partial charge in [-0.15, -0.1) is 0 Å². The van der Waals surface area contributed by atoms with Crippen molar-refractivity contribution in [1.82, 2.24) is 15.2 Å². The van der Waals surface area contributed by atoms with Gasteiger partial charge in [-0.1, -0.05) is 30.3 Å². The van der Waals surface area contributed by atoms with Crippen LogP contribution in [0.15, 0.2) is 34.7 Å². The number of rotatable bonds is 5. The highest BCUT2D eigenvalue weighted by Gasteiger charge is 2.35. The Morgan fingerprint density at radius 1 is 1.37 bits per heavy atom. The SMILES string of the molecule is CNC[C@H]1CCN1c1c(-c2ccccc2)c(C)c(C#N)c2nc(C(=O)N(C)C)oc12. The fourth-order valence-electron chi connectivity index (χ4n) is 4.08. The molecular formula is C23H25N5O2. The van der Waals surface area contributed by atoms with Gasteiger partial charge in [0.1, 0.15) is 11.6 Å². The summed E-state index contributed by atoms with van der Waals surface area (Å²) in [5.41, 5.74) is 5.12. The number of nitrogens with one attached hydrogen (secondary N) is 1. The van der Waals surface area contributed by atoms with Gasteiger partial charge in [-0.05, 0) is 31.5 Å². The van der Waals surface area contributed by atoms with Crippen LogP contribution in [0.25, 0.3) is 22.2 Å². The Morgan fingerprint density at radius 2 is 2.10 bits per heavy atom. The Balaban J connectivity index is 2.06. The maximum absolute atomic E-state index is 12.5. The van der Waals surface area contributed by atoms with Gasteiger partial charge < -0.3 is 19.5 Å². The number of oxazole rings is 1. The lowest BCUT2D eigenvalue weighted by molar-refractivity contribution is 0.0791. The van der Waals surface area contributed by atoms with Crippen molar-refractivity contribution in [3.8, 4) is 17.2 Å². The van der Waals surface area contributed by atoms with Gasteiger partial charge in [0, 0.05) is 38.8 Å². The van der Waals surface area contributed by atoms with E-state index in [4.69, 9.17) is 4.42 Å². The fourth-order valence-corrected chi connectivity index (χ4v) is 4.08. The predicted molar refractivity (Wildman–Crippen MR) is 117 cm³/mol. The Kier molecular flexibility index (Phi) is 5.18. The number of anilines is 1. The first kappa shape index (κ1) is 19.9. The average Bonchev–Trinajstić information content (AvgIpc) is 3.16. The number of nitrogens with zero attached hydrogens (tertiary/aromatic N) is 4. The zero-order chi connectivity index (χ0) is 21.4. The van der Waals surface area contributed by atoms with Crippen LogP contribution in [-0.2, 0) is 0 Å². The van der Waals surface area contributed by atoms with Crippen LogP contribution in [0.3, 0.4) is 0 Å². The molecule has 7 nitrogen and oxygen atoms in total. The van der Waals surface area contributed by atoms with E-state index in [0.29, 0.717) is 22.7 Å². The second kappa shape index (κ2) is 7.81. The third kappa shape index (κ3) is 3.10. The van der Waals surface area contributed by atoms with Crippen LogP contribution in [0, 0.1) is 18.3 Å². The van der Waals surface area contributed by atoms with E-state index in [1.165, 1.54) is 4.90 Å². The predicted octanol–water partition coefficient (Wildman–Crippen LogP) is 3.17. The molecule has 1 N–H and O–H groups in total. The molecule has 1 atom stereocenters. The van der Waals surface area contributed by atoms with Crippen LogP contribution in [0.5, 0.6) is 0 Å². The third-order valence-electron chi connectivity index (χ3n) is 5.70. The molecule has 3 aromatic rings. The number of likely N-dealkylation sites (N-methyl/N-ethyl adjacent to an activating group) is 1. The minimum Gasteiger partial charge on any atom is -0.430 e. The summed E-state index contributed by atoms with van der Waals surface area (Å²) in [6.45, 7) is 3.66. The van der Waals surface area contributed by atoms with Gasteiger partial charge >= 0.3 is 5.91 Å². The second-order valence-electron chi connectivity index (χ2n) is 7.79. The van der Waals surface area contributed by atoms with Crippen molar-refractivity contribution in [3.05, 3.63) is 47.3 Å². The van der Waals surface area contributed by atoms with Gasteiger partial charge in [0.15, 0.2) is 5.58 Å². The Hall–Kier alpha value is -3.37. The van der Waals surface area contributed by atoms with Crippen molar-refractivity contribution in [3.63, 3.8) is 0 Å². The minimum absolute atomic E-state index is 0.00283. The van der Waals surface area contributed by atoms with Crippen molar-refractivity contribution in [2.24, 2.45) is 0 Å². The molecule has 7 heteroatoms. The number of hydrogen-bond acceptors (Lipinski definition) is 6. The summed E-state index contributed by atoms with van der Waals surface area (Å²) < 4.78 is 6.05. The molecule has 1 amide bonds. The molecule has 30 heavy (non-hydrogen) atoms. The van der Waals surface area contributed by atoms with E-state index in [0.717, 1.165) is 41.9 Å². The van der Waals surface area contributed by atoms with Gasteiger partial charge in [-0.25, -0.2) is 4.98 Å². The van der Waals surface area contributed by atoms with Crippen LogP contribution >= 0.6 is 0 Å². The Bertz CT molecular complexity index is 1140. The molecule has 0 bridgehead atoms. The summed E-state index contributed by atoms with van der Waals surface area (Å²) in [5, 5.41) is 13.2. The quantitative estimate of drug-likeness (QED) is 0.704. The highest BCUT2D eigenvalue weighted by atomic mass is 16.4. The van der Waals surface area contributed by atoms with Gasteiger partial charge in [0.2, 0.25) is 0 Å². The van der Waals surface area contributed by atoms with Crippen LogP contribution in [0.4, 0.5) is 5.69 Å². The third-order valence-corrected chi connectivity index (χ3v) is 5.70. The summed E-state index contributed by atoms with van der Waals surface area (Å²) in [6, 6.07) is 12.6. The first-order valence-corrected chi connectivity index (χ1v) is 10.0. The standard InChI is InChI=1S/C23H25N5O2/c1-14-17(12-24)19-21(30-22(26-19)23(29)27(3)4)20(28-11-10-16(28)13-25-2)18(14)15-8-6-5-7-9-15/h5-9,16,25H,10-11,13H2,1-4H3/t16-/m1/s1. The average molecular weight is 403 g/mol. The smallest absolute Gasteiger partial charge is 0.309 e. The van der Waals surface area contributed by atoms with E-state index in [9.17, 15) is 10.1 Å². The second-order valence-corrected chi connectivity index (χ2v) is 7.79. The lowest BCUT2D eigenvalue weighted by Gasteiger charge is -2.44. The minimum atomic E-state index is -0.324. The number of amides is 1. The maximum atomic E-state index is 12.5. The number of carbonyl (C=O) groups excluding carboxylic acids is 1. The highest BCUT2D eigenvalue weighted by molar-refractivity contribution is 6.04. The van der Waals surface area contributed by atoms with Crippen molar-refractivity contribution < 1.29 is 9.21 Å². The molecule has 154 valence electrons. The fraction of sp³-hybridized carbons (Fsp3) is 0.348. The number of nitriles is 1. The number of benzene rings is 2. The van der Waals surface area contributed by atoms with Gasteiger partial charge in [0.05, 0.1) is 11.3 Å². The lowest BCUT2D eigenvalue weighted by Crippen LogP contribution is -2.52. The summed E-state index contributed by atoms with van der Waals surface area (Å²) >= 11 is 0. The first-order chi connectivity index (χ1) is 14.5. The van der Waals surface area contributed by atoms with Crippen molar-refractivity contribution >= 4 is 22.7 Å². The largest absolute Gasteiger partial charge is 0.430 e. The van der Waals surface area contributed by atoms with E-state index >= 15 is 0 Å². The zero-order valence-corrected chi connectivity index (χ0v) is 17.7. The van der Waals surface area contributed by atoms with E-state index < -0.39 is 0 Å². The summed E-state index contributed by atoms with van der Waals surface area (Å²) in [5.74, 6) is -0.321. The molecule has 0 saturated carbocycles. The normalized spacial score (nSPS) is 15.7. The molecule has 1 fully saturated rings. The van der Waals surface area contributed by atoms with Crippen LogP contribution in [0.1, 0.15) is 28.2 Å².